The summed E-state index contributed by atoms with van der Waals surface area (Å²) in [6, 6.07) is 5.59. The van der Waals surface area contributed by atoms with Gasteiger partial charge in [-0.25, -0.2) is 4.39 Å². The van der Waals surface area contributed by atoms with Gasteiger partial charge in [0, 0.05) is 6.61 Å². The van der Waals surface area contributed by atoms with Gasteiger partial charge in [-0.1, -0.05) is 11.8 Å². The van der Waals surface area contributed by atoms with Crippen molar-refractivity contribution in [1.29, 1.82) is 0 Å². The van der Waals surface area contributed by atoms with Crippen molar-refractivity contribution in [2.75, 3.05) is 19.8 Å². The Labute approximate surface area is 123 Å². The van der Waals surface area contributed by atoms with Crippen molar-refractivity contribution in [3.05, 3.63) is 30.1 Å². The monoisotopic (exact) mass is 294 g/mol. The maximum absolute atomic E-state index is 12.7. The van der Waals surface area contributed by atoms with Crippen LogP contribution < -0.4 is 4.74 Å². The van der Waals surface area contributed by atoms with Gasteiger partial charge in [0.25, 0.3) is 0 Å². The molecule has 0 amide bonds. The van der Waals surface area contributed by atoms with Crippen LogP contribution in [0.5, 0.6) is 5.75 Å². The number of rotatable bonds is 5. The number of halogens is 1. The van der Waals surface area contributed by atoms with E-state index < -0.39 is 6.10 Å². The SMILES string of the molecule is OC(C#CCOC1CCCCO1)COc1ccc(F)cc1. The molecule has 0 aliphatic carbocycles. The van der Waals surface area contributed by atoms with Crippen LogP contribution in [-0.2, 0) is 9.47 Å². The first kappa shape index (κ1) is 15.8. The van der Waals surface area contributed by atoms with E-state index in [1.54, 1.807) is 0 Å². The molecule has 0 radical (unpaired) electrons. The van der Waals surface area contributed by atoms with Gasteiger partial charge in [0.2, 0.25) is 0 Å². The van der Waals surface area contributed by atoms with Crippen LogP contribution in [0.3, 0.4) is 0 Å². The Morgan fingerprint density at radius 1 is 1.33 bits per heavy atom. The van der Waals surface area contributed by atoms with Crippen LogP contribution >= 0.6 is 0 Å². The number of hydrogen-bond donors (Lipinski definition) is 1. The Morgan fingerprint density at radius 2 is 2.14 bits per heavy atom. The van der Waals surface area contributed by atoms with Crippen molar-refractivity contribution in [3.8, 4) is 17.6 Å². The van der Waals surface area contributed by atoms with E-state index in [1.807, 2.05) is 0 Å². The van der Waals surface area contributed by atoms with Crippen molar-refractivity contribution in [2.45, 2.75) is 31.7 Å². The summed E-state index contributed by atoms with van der Waals surface area (Å²) in [5, 5.41) is 9.64. The van der Waals surface area contributed by atoms with Crippen LogP contribution in [-0.4, -0.2) is 37.3 Å². The molecule has 0 saturated carbocycles. The van der Waals surface area contributed by atoms with Crippen LogP contribution in [0.1, 0.15) is 19.3 Å². The minimum atomic E-state index is -0.911. The van der Waals surface area contributed by atoms with Crippen molar-refractivity contribution < 1.29 is 23.7 Å². The molecule has 1 heterocycles. The lowest BCUT2D eigenvalue weighted by atomic mass is 10.2. The molecule has 1 aromatic rings. The largest absolute Gasteiger partial charge is 0.490 e. The first-order valence-electron chi connectivity index (χ1n) is 7.02. The number of hydrogen-bond acceptors (Lipinski definition) is 4. The predicted octanol–water partition coefficient (Wildman–Crippen LogP) is 2.11. The van der Waals surface area contributed by atoms with Gasteiger partial charge in [-0.2, -0.15) is 0 Å². The maximum Gasteiger partial charge on any atom is 0.158 e. The van der Waals surface area contributed by atoms with Crippen molar-refractivity contribution in [3.63, 3.8) is 0 Å². The molecular formula is C16H19FO4. The minimum absolute atomic E-state index is 0.0264. The molecule has 5 heteroatoms. The molecule has 2 atom stereocenters. The number of aliphatic hydroxyl groups is 1. The molecule has 2 unspecified atom stereocenters. The Hall–Kier alpha value is -1.61. The molecule has 2 rings (SSSR count). The van der Waals surface area contributed by atoms with Gasteiger partial charge in [0.15, 0.2) is 6.29 Å². The average molecular weight is 294 g/mol. The van der Waals surface area contributed by atoms with Gasteiger partial charge in [-0.15, -0.1) is 0 Å². The standard InChI is InChI=1S/C16H19FO4/c17-13-6-8-15(9-7-13)21-12-14(18)4-3-11-20-16-5-1-2-10-19-16/h6-9,14,16,18H,1-2,5,10-12H2. The first-order chi connectivity index (χ1) is 10.2. The highest BCUT2D eigenvalue weighted by Gasteiger charge is 2.12. The summed E-state index contributed by atoms with van der Waals surface area (Å²) in [4.78, 5) is 0. The van der Waals surface area contributed by atoms with Crippen LogP contribution in [0, 0.1) is 17.7 Å². The summed E-state index contributed by atoms with van der Waals surface area (Å²) in [5.74, 6) is 5.53. The van der Waals surface area contributed by atoms with Crippen molar-refractivity contribution in [2.24, 2.45) is 0 Å². The number of benzene rings is 1. The highest BCUT2D eigenvalue weighted by molar-refractivity contribution is 5.22. The third-order valence-corrected chi connectivity index (χ3v) is 2.97. The molecule has 1 fully saturated rings. The van der Waals surface area contributed by atoms with Gasteiger partial charge >= 0.3 is 0 Å². The molecule has 0 aromatic heterocycles. The second kappa shape index (κ2) is 8.63. The van der Waals surface area contributed by atoms with Crippen LogP contribution in [0.25, 0.3) is 0 Å². The van der Waals surface area contributed by atoms with Crippen LogP contribution in [0.4, 0.5) is 4.39 Å². The third kappa shape index (κ3) is 6.13. The lowest BCUT2D eigenvalue weighted by Crippen LogP contribution is -2.22. The van der Waals surface area contributed by atoms with E-state index >= 15 is 0 Å². The highest BCUT2D eigenvalue weighted by atomic mass is 19.1. The Morgan fingerprint density at radius 3 is 2.86 bits per heavy atom. The summed E-state index contributed by atoms with van der Waals surface area (Å²) < 4.78 is 28.8. The van der Waals surface area contributed by atoms with Crippen LogP contribution in [0.15, 0.2) is 24.3 Å². The highest BCUT2D eigenvalue weighted by Crippen LogP contribution is 2.13. The second-order valence-corrected chi connectivity index (χ2v) is 4.71. The normalized spacial score (nSPS) is 19.4. The van der Waals surface area contributed by atoms with E-state index in [4.69, 9.17) is 14.2 Å². The van der Waals surface area contributed by atoms with E-state index in [0.29, 0.717) is 5.75 Å². The van der Waals surface area contributed by atoms with Gasteiger partial charge in [-0.3, -0.25) is 0 Å². The molecule has 21 heavy (non-hydrogen) atoms. The molecule has 1 aliphatic rings. The molecule has 4 nitrogen and oxygen atoms in total. The summed E-state index contributed by atoms with van der Waals surface area (Å²) in [7, 11) is 0. The van der Waals surface area contributed by atoms with Crippen molar-refractivity contribution >= 4 is 0 Å². The Kier molecular flexibility index (Phi) is 6.48. The fourth-order valence-electron chi connectivity index (χ4n) is 1.88. The van der Waals surface area contributed by atoms with E-state index in [2.05, 4.69) is 11.8 Å². The van der Waals surface area contributed by atoms with Gasteiger partial charge in [0.05, 0.1) is 0 Å². The van der Waals surface area contributed by atoms with Gasteiger partial charge in [0.1, 0.15) is 30.9 Å². The van der Waals surface area contributed by atoms with E-state index in [1.165, 1.54) is 24.3 Å². The molecule has 0 bridgehead atoms. The smallest absolute Gasteiger partial charge is 0.158 e. The summed E-state index contributed by atoms with van der Waals surface area (Å²) in [5.41, 5.74) is 0. The maximum atomic E-state index is 12.7. The predicted molar refractivity (Wildman–Crippen MR) is 75.2 cm³/mol. The quantitative estimate of drug-likeness (QED) is 0.845. The number of aliphatic hydroxyl groups excluding tert-OH is 1. The zero-order valence-corrected chi connectivity index (χ0v) is 11.8. The molecule has 0 spiro atoms. The fraction of sp³-hybridized carbons (Fsp3) is 0.500. The summed E-state index contributed by atoms with van der Waals surface area (Å²) in [6.45, 7) is 0.975. The average Bonchev–Trinajstić information content (AvgIpc) is 2.52. The van der Waals surface area contributed by atoms with Gasteiger partial charge < -0.3 is 19.3 Å². The molecule has 1 aromatic carbocycles. The van der Waals surface area contributed by atoms with Crippen LogP contribution in [0.2, 0.25) is 0 Å². The third-order valence-electron chi connectivity index (χ3n) is 2.97. The lowest BCUT2D eigenvalue weighted by molar-refractivity contribution is -0.154. The number of ether oxygens (including phenoxy) is 3. The van der Waals surface area contributed by atoms with Crippen molar-refractivity contribution in [1.82, 2.24) is 0 Å². The zero-order chi connectivity index (χ0) is 14.9. The zero-order valence-electron chi connectivity index (χ0n) is 11.8. The molecular weight excluding hydrogens is 275 g/mol. The fourth-order valence-corrected chi connectivity index (χ4v) is 1.88. The first-order valence-corrected chi connectivity index (χ1v) is 7.02. The molecule has 1 saturated heterocycles. The van der Waals surface area contributed by atoms with E-state index in [9.17, 15) is 9.50 Å². The van der Waals surface area contributed by atoms with E-state index in [-0.39, 0.29) is 25.3 Å². The van der Waals surface area contributed by atoms with Gasteiger partial charge in [-0.05, 0) is 43.5 Å². The summed E-state index contributed by atoms with van der Waals surface area (Å²) in [6.07, 6.45) is 1.97. The summed E-state index contributed by atoms with van der Waals surface area (Å²) >= 11 is 0. The molecule has 1 N–H and O–H groups in total. The lowest BCUT2D eigenvalue weighted by Gasteiger charge is -2.21. The van der Waals surface area contributed by atoms with E-state index in [0.717, 1.165) is 25.9 Å². The Balaban J connectivity index is 1.63. The molecule has 114 valence electrons. The Bertz CT molecular complexity index is 471. The minimum Gasteiger partial charge on any atom is -0.490 e. The topological polar surface area (TPSA) is 47.9 Å². The second-order valence-electron chi connectivity index (χ2n) is 4.71. The molecule has 1 aliphatic heterocycles.